The van der Waals surface area contributed by atoms with Crippen LogP contribution in [0.2, 0.25) is 19.6 Å². The maximum atomic E-state index is 2.49. The number of nitrogens with zero attached hydrogens (tertiary/aromatic N) is 1. The summed E-state index contributed by atoms with van der Waals surface area (Å²) in [5.74, 6) is 0. The fourth-order valence-corrected chi connectivity index (χ4v) is 1.75. The van der Waals surface area contributed by atoms with Gasteiger partial charge >= 0.3 is 0 Å². The first-order chi connectivity index (χ1) is 6.00. The third kappa shape index (κ3) is 3.33. The molecule has 0 aliphatic carbocycles. The van der Waals surface area contributed by atoms with Crippen molar-refractivity contribution in [3.05, 3.63) is 35.9 Å². The molecule has 0 fully saturated rings. The molecule has 13 heavy (non-hydrogen) atoms. The molecule has 1 nitrogen and oxygen atoms in total. The van der Waals surface area contributed by atoms with Crippen LogP contribution in [0.3, 0.4) is 0 Å². The highest BCUT2D eigenvalue weighted by Crippen LogP contribution is 2.11. The molecule has 72 valence electrons. The Balaban J connectivity index is 2.61. The smallest absolute Gasteiger partial charge is 0.119 e. The molecule has 0 atom stereocenters. The van der Waals surface area contributed by atoms with Crippen LogP contribution >= 0.6 is 0 Å². The normalized spacial score (nSPS) is 12.1. The highest BCUT2D eigenvalue weighted by Gasteiger charge is 2.19. The summed E-state index contributed by atoms with van der Waals surface area (Å²) in [5, 5.41) is 0. The average molecular weight is 193 g/mol. The quantitative estimate of drug-likeness (QED) is 0.667. The van der Waals surface area contributed by atoms with Crippen LogP contribution in [0.4, 0.5) is 0 Å². The first-order valence-electron chi connectivity index (χ1n) is 4.75. The Morgan fingerprint density at radius 2 is 1.62 bits per heavy atom. The molecule has 0 radical (unpaired) electrons. The molecule has 1 rings (SSSR count). The first kappa shape index (κ1) is 10.5. The molecule has 0 saturated heterocycles. The summed E-state index contributed by atoms with van der Waals surface area (Å²) in [4.78, 5) is 0. The van der Waals surface area contributed by atoms with Gasteiger partial charge in [-0.05, 0) is 12.6 Å². The molecule has 0 spiro atoms. The molecule has 0 aliphatic rings. The van der Waals surface area contributed by atoms with Gasteiger partial charge in [0.1, 0.15) is 8.24 Å². The Kier molecular flexibility index (Phi) is 3.28. The van der Waals surface area contributed by atoms with E-state index in [0.29, 0.717) is 0 Å². The highest BCUT2D eigenvalue weighted by molar-refractivity contribution is 6.73. The van der Waals surface area contributed by atoms with Gasteiger partial charge in [0.25, 0.3) is 0 Å². The molecule has 2 heteroatoms. The van der Waals surface area contributed by atoms with Gasteiger partial charge in [0, 0.05) is 6.54 Å². The van der Waals surface area contributed by atoms with Crippen molar-refractivity contribution < 1.29 is 0 Å². The molecule has 0 amide bonds. The summed E-state index contributed by atoms with van der Waals surface area (Å²) in [7, 11) is 1.11. The van der Waals surface area contributed by atoms with Crippen LogP contribution in [0.25, 0.3) is 0 Å². The lowest BCUT2D eigenvalue weighted by Crippen LogP contribution is -2.42. The average Bonchev–Trinajstić information content (AvgIpc) is 2.04. The van der Waals surface area contributed by atoms with Crippen molar-refractivity contribution in [3.8, 4) is 0 Å². The van der Waals surface area contributed by atoms with Crippen LogP contribution in [0.15, 0.2) is 30.3 Å². The van der Waals surface area contributed by atoms with Crippen LogP contribution in [0.5, 0.6) is 0 Å². The Morgan fingerprint density at radius 3 is 2.08 bits per heavy atom. The van der Waals surface area contributed by atoms with Crippen molar-refractivity contribution in [2.24, 2.45) is 0 Å². The van der Waals surface area contributed by atoms with Gasteiger partial charge in [-0.25, -0.2) is 0 Å². The van der Waals surface area contributed by atoms with Gasteiger partial charge < -0.3 is 4.57 Å². The van der Waals surface area contributed by atoms with Crippen molar-refractivity contribution in [1.29, 1.82) is 0 Å². The zero-order chi connectivity index (χ0) is 9.90. The lowest BCUT2D eigenvalue weighted by Gasteiger charge is -2.29. The van der Waals surface area contributed by atoms with Crippen molar-refractivity contribution in [3.63, 3.8) is 0 Å². The van der Waals surface area contributed by atoms with Crippen molar-refractivity contribution in [2.75, 3.05) is 7.05 Å². The predicted octanol–water partition coefficient (Wildman–Crippen LogP) is 2.95. The molecular weight excluding hydrogens is 174 g/mol. The van der Waals surface area contributed by atoms with Crippen LogP contribution in [0, 0.1) is 0 Å². The summed E-state index contributed by atoms with van der Waals surface area (Å²) < 4.78 is 2.49. The number of hydrogen-bond acceptors (Lipinski definition) is 1. The largest absolute Gasteiger partial charge is 0.323 e. The molecule has 0 N–H and O–H groups in total. The standard InChI is InChI=1S/C11H19NSi/c1-12(13(2,3)4)10-11-8-6-5-7-9-11/h5-9H,10H2,1-4H3. The molecule has 1 aromatic carbocycles. The second-order valence-electron chi connectivity index (χ2n) is 4.51. The second kappa shape index (κ2) is 4.07. The maximum Gasteiger partial charge on any atom is 0.119 e. The predicted molar refractivity (Wildman–Crippen MR) is 61.3 cm³/mol. The fourth-order valence-electron chi connectivity index (χ4n) is 1.09. The maximum absolute atomic E-state index is 2.49. The molecule has 1 aromatic rings. The topological polar surface area (TPSA) is 3.24 Å². The van der Waals surface area contributed by atoms with Crippen LogP contribution in [0.1, 0.15) is 5.56 Å². The summed E-state index contributed by atoms with van der Waals surface area (Å²) in [6.45, 7) is 8.19. The van der Waals surface area contributed by atoms with E-state index < -0.39 is 8.24 Å². The van der Waals surface area contributed by atoms with Gasteiger partial charge in [0.15, 0.2) is 0 Å². The highest BCUT2D eigenvalue weighted by atomic mass is 28.3. The number of benzene rings is 1. The minimum Gasteiger partial charge on any atom is -0.323 e. The summed E-state index contributed by atoms with van der Waals surface area (Å²) >= 11 is 0. The first-order valence-corrected chi connectivity index (χ1v) is 8.20. The van der Waals surface area contributed by atoms with Crippen molar-refractivity contribution >= 4 is 8.24 Å². The van der Waals surface area contributed by atoms with Crippen LogP contribution < -0.4 is 0 Å². The van der Waals surface area contributed by atoms with Gasteiger partial charge in [-0.2, -0.15) is 0 Å². The van der Waals surface area contributed by atoms with Gasteiger partial charge in [-0.15, -0.1) is 0 Å². The summed E-state index contributed by atoms with van der Waals surface area (Å²) in [5.41, 5.74) is 1.41. The van der Waals surface area contributed by atoms with E-state index >= 15 is 0 Å². The minimum absolute atomic E-state index is 1.08. The van der Waals surface area contributed by atoms with E-state index in [9.17, 15) is 0 Å². The monoisotopic (exact) mass is 193 g/mol. The minimum atomic E-state index is -1.11. The molecule has 0 saturated carbocycles. The van der Waals surface area contributed by atoms with Gasteiger partial charge in [0.2, 0.25) is 0 Å². The van der Waals surface area contributed by atoms with Crippen LogP contribution in [-0.2, 0) is 6.54 Å². The second-order valence-corrected chi connectivity index (χ2v) is 9.62. The molecule has 0 aromatic heterocycles. The number of hydrogen-bond donors (Lipinski definition) is 0. The third-order valence-electron chi connectivity index (χ3n) is 2.41. The van der Waals surface area contributed by atoms with Crippen molar-refractivity contribution in [2.45, 2.75) is 26.2 Å². The Hall–Kier alpha value is -0.603. The molecule has 0 heterocycles. The van der Waals surface area contributed by atoms with Crippen molar-refractivity contribution in [1.82, 2.24) is 4.57 Å². The van der Waals surface area contributed by atoms with E-state index in [4.69, 9.17) is 0 Å². The van der Waals surface area contributed by atoms with E-state index in [1.807, 2.05) is 0 Å². The SMILES string of the molecule is CN(Cc1ccccc1)[Si](C)(C)C. The Labute approximate surface area is 82.5 Å². The summed E-state index contributed by atoms with van der Waals surface area (Å²) in [6.07, 6.45) is 0. The molecule has 0 aliphatic heterocycles. The van der Waals surface area contributed by atoms with E-state index in [2.05, 4.69) is 61.6 Å². The lowest BCUT2D eigenvalue weighted by atomic mass is 10.2. The third-order valence-corrected chi connectivity index (χ3v) is 4.86. The zero-order valence-electron chi connectivity index (χ0n) is 9.04. The fraction of sp³-hybridized carbons (Fsp3) is 0.455. The van der Waals surface area contributed by atoms with E-state index in [-0.39, 0.29) is 0 Å². The van der Waals surface area contributed by atoms with Crippen LogP contribution in [-0.4, -0.2) is 19.8 Å². The molecular formula is C11H19NSi. The lowest BCUT2D eigenvalue weighted by molar-refractivity contribution is 0.505. The van der Waals surface area contributed by atoms with E-state index in [1.165, 1.54) is 5.56 Å². The molecule has 0 bridgehead atoms. The van der Waals surface area contributed by atoms with E-state index in [0.717, 1.165) is 6.54 Å². The van der Waals surface area contributed by atoms with Gasteiger partial charge in [-0.3, -0.25) is 0 Å². The summed E-state index contributed by atoms with van der Waals surface area (Å²) in [6, 6.07) is 10.7. The Bertz CT molecular complexity index is 251. The van der Waals surface area contributed by atoms with E-state index in [1.54, 1.807) is 0 Å². The van der Waals surface area contributed by atoms with Gasteiger partial charge in [-0.1, -0.05) is 50.0 Å². The van der Waals surface area contributed by atoms with Gasteiger partial charge in [0.05, 0.1) is 0 Å². The molecule has 0 unspecified atom stereocenters. The zero-order valence-corrected chi connectivity index (χ0v) is 10.0. The number of rotatable bonds is 3. The Morgan fingerprint density at radius 1 is 1.08 bits per heavy atom.